The van der Waals surface area contributed by atoms with Crippen molar-refractivity contribution >= 4 is 0 Å². The third-order valence-electron chi connectivity index (χ3n) is 1.72. The summed E-state index contributed by atoms with van der Waals surface area (Å²) < 4.78 is 0. The minimum atomic E-state index is -0.580. The van der Waals surface area contributed by atoms with E-state index in [0.29, 0.717) is 6.42 Å². The fourth-order valence-corrected chi connectivity index (χ4v) is 1.07. The number of aryl methyl sites for hydroxylation is 1. The van der Waals surface area contributed by atoms with Crippen LogP contribution >= 0.6 is 0 Å². The summed E-state index contributed by atoms with van der Waals surface area (Å²) in [5.41, 5.74) is 1.65. The van der Waals surface area contributed by atoms with Crippen molar-refractivity contribution in [1.29, 1.82) is 0 Å². The van der Waals surface area contributed by atoms with Gasteiger partial charge >= 0.3 is 0 Å². The van der Waals surface area contributed by atoms with Crippen molar-refractivity contribution in [2.24, 2.45) is 0 Å². The van der Waals surface area contributed by atoms with Gasteiger partial charge in [-0.2, -0.15) is 0 Å². The third-order valence-corrected chi connectivity index (χ3v) is 1.72. The number of nitrogens with zero attached hydrogens (tertiary/aromatic N) is 1. The number of pyridine rings is 1. The number of rotatable bonds is 2. The van der Waals surface area contributed by atoms with Gasteiger partial charge in [0.1, 0.15) is 0 Å². The zero-order valence-electron chi connectivity index (χ0n) is 6.99. The van der Waals surface area contributed by atoms with Crippen LogP contribution in [0.4, 0.5) is 0 Å². The van der Waals surface area contributed by atoms with Crippen LogP contribution in [0.2, 0.25) is 0 Å². The maximum Gasteiger partial charge on any atom is 0.0916 e. The van der Waals surface area contributed by atoms with E-state index in [1.807, 2.05) is 13.0 Å². The van der Waals surface area contributed by atoms with Crippen molar-refractivity contribution in [2.45, 2.75) is 19.4 Å². The number of hydrogen-bond acceptors (Lipinski definition) is 2. The first-order valence-electron chi connectivity index (χ1n) is 3.78. The average molecular weight is 161 g/mol. The van der Waals surface area contributed by atoms with Gasteiger partial charge in [-0.25, -0.2) is 0 Å². The highest BCUT2D eigenvalue weighted by molar-refractivity contribution is 5.21. The number of hydrogen-bond donors (Lipinski definition) is 1. The molecule has 2 heteroatoms. The van der Waals surface area contributed by atoms with Crippen molar-refractivity contribution in [3.05, 3.63) is 29.6 Å². The summed E-state index contributed by atoms with van der Waals surface area (Å²) in [6.07, 6.45) is 6.54. The van der Waals surface area contributed by atoms with E-state index in [1.54, 1.807) is 12.3 Å². The van der Waals surface area contributed by atoms with Gasteiger partial charge in [-0.1, -0.05) is 6.07 Å². The maximum atomic E-state index is 9.52. The quantitative estimate of drug-likeness (QED) is 0.666. The van der Waals surface area contributed by atoms with Gasteiger partial charge in [-0.05, 0) is 13.0 Å². The molecule has 0 aliphatic rings. The lowest BCUT2D eigenvalue weighted by molar-refractivity contribution is 0.183. The molecule has 0 spiro atoms. The van der Waals surface area contributed by atoms with Crippen molar-refractivity contribution < 1.29 is 5.11 Å². The van der Waals surface area contributed by atoms with Crippen molar-refractivity contribution in [3.63, 3.8) is 0 Å². The predicted molar refractivity (Wildman–Crippen MR) is 47.4 cm³/mol. The van der Waals surface area contributed by atoms with Crippen molar-refractivity contribution in [3.8, 4) is 12.3 Å². The molecule has 1 heterocycles. The number of aliphatic hydroxyl groups excluding tert-OH is 1. The van der Waals surface area contributed by atoms with Crippen LogP contribution in [0, 0.1) is 19.3 Å². The molecule has 1 rings (SSSR count). The molecule has 12 heavy (non-hydrogen) atoms. The highest BCUT2D eigenvalue weighted by atomic mass is 16.3. The van der Waals surface area contributed by atoms with Gasteiger partial charge in [-0.15, -0.1) is 12.3 Å². The van der Waals surface area contributed by atoms with Gasteiger partial charge in [0, 0.05) is 23.9 Å². The number of terminal acetylenes is 1. The normalized spacial score (nSPS) is 12.1. The van der Waals surface area contributed by atoms with Crippen molar-refractivity contribution in [1.82, 2.24) is 4.98 Å². The van der Waals surface area contributed by atoms with Crippen LogP contribution in [0.3, 0.4) is 0 Å². The third kappa shape index (κ3) is 1.84. The largest absolute Gasteiger partial charge is 0.387 e. The molecule has 62 valence electrons. The first kappa shape index (κ1) is 8.76. The summed E-state index contributed by atoms with van der Waals surface area (Å²) >= 11 is 0. The molecule has 1 aromatic heterocycles. The van der Waals surface area contributed by atoms with E-state index in [2.05, 4.69) is 10.9 Å². The van der Waals surface area contributed by atoms with Crippen LogP contribution in [0.5, 0.6) is 0 Å². The molecule has 1 unspecified atom stereocenters. The summed E-state index contributed by atoms with van der Waals surface area (Å²) in [6.45, 7) is 1.86. The minimum absolute atomic E-state index is 0.340. The average Bonchev–Trinajstić information content (AvgIpc) is 2.05. The lowest BCUT2D eigenvalue weighted by Gasteiger charge is -2.08. The Hall–Kier alpha value is -1.33. The molecule has 0 saturated carbocycles. The monoisotopic (exact) mass is 161 g/mol. The van der Waals surface area contributed by atoms with Crippen molar-refractivity contribution in [2.75, 3.05) is 0 Å². The molecule has 0 saturated heterocycles. The standard InChI is InChI=1S/C10H11NO/c1-3-5-10(12)9-6-4-7-11-8(9)2/h1,4,6-7,10,12H,5H2,2H3. The van der Waals surface area contributed by atoms with Gasteiger partial charge < -0.3 is 5.11 Å². The van der Waals surface area contributed by atoms with Crippen LogP contribution in [0.25, 0.3) is 0 Å². The predicted octanol–water partition coefficient (Wildman–Crippen LogP) is 1.45. The summed E-state index contributed by atoms with van der Waals surface area (Å²) in [5, 5.41) is 9.52. The minimum Gasteiger partial charge on any atom is -0.387 e. The van der Waals surface area contributed by atoms with Gasteiger partial charge in [0.25, 0.3) is 0 Å². The van der Waals surface area contributed by atoms with Crippen LogP contribution in [-0.2, 0) is 0 Å². The molecule has 1 atom stereocenters. The molecule has 0 aromatic carbocycles. The molecule has 2 nitrogen and oxygen atoms in total. The molecule has 0 fully saturated rings. The fraction of sp³-hybridized carbons (Fsp3) is 0.300. The Labute approximate surface area is 72.3 Å². The molecule has 1 N–H and O–H groups in total. The molecule has 0 bridgehead atoms. The molecule has 0 radical (unpaired) electrons. The second-order valence-electron chi connectivity index (χ2n) is 2.60. The topological polar surface area (TPSA) is 33.1 Å². The second kappa shape index (κ2) is 3.89. The highest BCUT2D eigenvalue weighted by Gasteiger charge is 2.07. The van der Waals surface area contributed by atoms with Gasteiger partial charge in [0.2, 0.25) is 0 Å². The van der Waals surface area contributed by atoms with E-state index in [0.717, 1.165) is 11.3 Å². The summed E-state index contributed by atoms with van der Waals surface area (Å²) in [7, 11) is 0. The van der Waals surface area contributed by atoms with Crippen LogP contribution < -0.4 is 0 Å². The first-order valence-corrected chi connectivity index (χ1v) is 3.78. The summed E-state index contributed by atoms with van der Waals surface area (Å²) in [4.78, 5) is 4.05. The van der Waals surface area contributed by atoms with Crippen LogP contribution in [0.1, 0.15) is 23.8 Å². The Morgan fingerprint density at radius 2 is 2.50 bits per heavy atom. The summed E-state index contributed by atoms with van der Waals surface area (Å²) in [5.74, 6) is 2.42. The Balaban J connectivity index is 2.88. The number of aliphatic hydroxyl groups is 1. The SMILES string of the molecule is C#CCC(O)c1cccnc1C. The lowest BCUT2D eigenvalue weighted by Crippen LogP contribution is -1.99. The smallest absolute Gasteiger partial charge is 0.0916 e. The zero-order valence-corrected chi connectivity index (χ0v) is 6.99. The maximum absolute atomic E-state index is 9.52. The molecule has 0 amide bonds. The summed E-state index contributed by atoms with van der Waals surface area (Å²) in [6, 6.07) is 3.63. The van der Waals surface area contributed by atoms with E-state index in [-0.39, 0.29) is 0 Å². The Morgan fingerprint density at radius 1 is 1.75 bits per heavy atom. The molecule has 1 aromatic rings. The Kier molecular flexibility index (Phi) is 2.84. The second-order valence-corrected chi connectivity index (χ2v) is 2.60. The Morgan fingerprint density at radius 3 is 3.08 bits per heavy atom. The van der Waals surface area contributed by atoms with E-state index < -0.39 is 6.10 Å². The van der Waals surface area contributed by atoms with E-state index in [9.17, 15) is 5.11 Å². The van der Waals surface area contributed by atoms with Crippen LogP contribution in [0.15, 0.2) is 18.3 Å². The molecular weight excluding hydrogens is 150 g/mol. The molecule has 0 aliphatic heterocycles. The fourth-order valence-electron chi connectivity index (χ4n) is 1.07. The molecule has 0 aliphatic carbocycles. The van der Waals surface area contributed by atoms with E-state index in [4.69, 9.17) is 6.42 Å². The van der Waals surface area contributed by atoms with Crippen LogP contribution in [-0.4, -0.2) is 10.1 Å². The van der Waals surface area contributed by atoms with Gasteiger partial charge in [0.05, 0.1) is 6.10 Å². The van der Waals surface area contributed by atoms with Gasteiger partial charge in [-0.3, -0.25) is 4.98 Å². The zero-order chi connectivity index (χ0) is 8.97. The Bertz CT molecular complexity index is 301. The van der Waals surface area contributed by atoms with Gasteiger partial charge in [0.15, 0.2) is 0 Å². The molecular formula is C10H11NO. The highest BCUT2D eigenvalue weighted by Crippen LogP contribution is 2.17. The van der Waals surface area contributed by atoms with E-state index in [1.165, 1.54) is 0 Å². The lowest BCUT2D eigenvalue weighted by atomic mass is 10.1. The van der Waals surface area contributed by atoms with E-state index >= 15 is 0 Å². The number of aromatic nitrogens is 1. The first-order chi connectivity index (χ1) is 5.75.